The zero-order chi connectivity index (χ0) is 14.5. The molecule has 2 rings (SSSR count). The highest BCUT2D eigenvalue weighted by atomic mass is 35.5. The lowest BCUT2D eigenvalue weighted by atomic mass is 10.1. The van der Waals surface area contributed by atoms with Crippen molar-refractivity contribution >= 4 is 34.6 Å². The van der Waals surface area contributed by atoms with Gasteiger partial charge in [0.2, 0.25) is 0 Å². The van der Waals surface area contributed by atoms with Gasteiger partial charge in [0.05, 0.1) is 10.6 Å². The van der Waals surface area contributed by atoms with E-state index in [1.165, 1.54) is 12.1 Å². The molecule has 0 aliphatic heterocycles. The van der Waals surface area contributed by atoms with Crippen molar-refractivity contribution in [2.24, 2.45) is 0 Å². The molecule has 0 unspecified atom stereocenters. The number of hydrogen-bond acceptors (Lipinski definition) is 5. The molecule has 0 aliphatic carbocycles. The molecule has 1 aromatic carbocycles. The number of aromatic nitrogens is 2. The minimum atomic E-state index is -0.424. The van der Waals surface area contributed by atoms with Gasteiger partial charge in [-0.2, -0.15) is 0 Å². The molecule has 0 radical (unpaired) electrons. The standard InChI is InChI=1S/C12H10Cl2N4O2/c13-11-7-10(12(14)17-16-11)15-6-5-8-1-3-9(4-2-8)18(19)20/h1-4,7H,5-6H2,(H,15,16). The molecule has 1 N–H and O–H groups in total. The molecule has 104 valence electrons. The molecule has 0 saturated carbocycles. The van der Waals surface area contributed by atoms with Crippen LogP contribution in [0.25, 0.3) is 0 Å². The Hall–Kier alpha value is -1.92. The summed E-state index contributed by atoms with van der Waals surface area (Å²) >= 11 is 11.6. The number of nitro groups is 1. The molecule has 0 fully saturated rings. The van der Waals surface area contributed by atoms with E-state index in [2.05, 4.69) is 15.5 Å². The van der Waals surface area contributed by atoms with E-state index in [1.54, 1.807) is 18.2 Å². The SMILES string of the molecule is O=[N+]([O-])c1ccc(CCNc2cc(Cl)nnc2Cl)cc1. The van der Waals surface area contributed by atoms with Gasteiger partial charge in [0, 0.05) is 24.7 Å². The van der Waals surface area contributed by atoms with Crippen molar-refractivity contribution in [3.05, 3.63) is 56.3 Å². The van der Waals surface area contributed by atoms with Crippen molar-refractivity contribution in [3.8, 4) is 0 Å². The summed E-state index contributed by atoms with van der Waals surface area (Å²) in [5.41, 5.74) is 1.66. The fourth-order valence-electron chi connectivity index (χ4n) is 1.60. The van der Waals surface area contributed by atoms with Crippen molar-refractivity contribution in [1.29, 1.82) is 0 Å². The van der Waals surface area contributed by atoms with Crippen LogP contribution in [-0.4, -0.2) is 21.7 Å². The van der Waals surface area contributed by atoms with Crippen molar-refractivity contribution in [2.75, 3.05) is 11.9 Å². The molecule has 20 heavy (non-hydrogen) atoms. The predicted octanol–water partition coefficient (Wildman–Crippen LogP) is 3.35. The van der Waals surface area contributed by atoms with Crippen LogP contribution < -0.4 is 5.32 Å². The fourth-order valence-corrected chi connectivity index (χ4v) is 1.91. The Morgan fingerprint density at radius 3 is 2.55 bits per heavy atom. The fraction of sp³-hybridized carbons (Fsp3) is 0.167. The summed E-state index contributed by atoms with van der Waals surface area (Å²) in [7, 11) is 0. The normalized spacial score (nSPS) is 10.3. The number of benzene rings is 1. The molecule has 0 amide bonds. The van der Waals surface area contributed by atoms with Crippen LogP contribution in [0.4, 0.5) is 11.4 Å². The summed E-state index contributed by atoms with van der Waals surface area (Å²) in [6.07, 6.45) is 0.689. The van der Waals surface area contributed by atoms with Gasteiger partial charge in [-0.05, 0) is 12.0 Å². The maximum absolute atomic E-state index is 10.5. The highest BCUT2D eigenvalue weighted by Gasteiger charge is 2.05. The van der Waals surface area contributed by atoms with E-state index in [4.69, 9.17) is 23.2 Å². The number of anilines is 1. The van der Waals surface area contributed by atoms with E-state index < -0.39 is 4.92 Å². The first-order chi connectivity index (χ1) is 9.56. The van der Waals surface area contributed by atoms with Gasteiger partial charge in [0.1, 0.15) is 0 Å². The molecule has 0 bridgehead atoms. The second-order valence-corrected chi connectivity index (χ2v) is 4.72. The van der Waals surface area contributed by atoms with Crippen LogP contribution in [0.5, 0.6) is 0 Å². The number of rotatable bonds is 5. The van der Waals surface area contributed by atoms with Crippen LogP contribution >= 0.6 is 23.2 Å². The van der Waals surface area contributed by atoms with Gasteiger partial charge in [-0.1, -0.05) is 35.3 Å². The van der Waals surface area contributed by atoms with E-state index in [-0.39, 0.29) is 16.0 Å². The van der Waals surface area contributed by atoms with Gasteiger partial charge in [-0.3, -0.25) is 10.1 Å². The number of nitrogens with zero attached hydrogens (tertiary/aromatic N) is 3. The van der Waals surface area contributed by atoms with Crippen LogP contribution in [0.15, 0.2) is 30.3 Å². The van der Waals surface area contributed by atoms with E-state index >= 15 is 0 Å². The second-order valence-electron chi connectivity index (χ2n) is 3.97. The summed E-state index contributed by atoms with van der Waals surface area (Å²) in [6.45, 7) is 0.597. The van der Waals surface area contributed by atoms with E-state index in [1.807, 2.05) is 0 Å². The quantitative estimate of drug-likeness (QED) is 0.676. The molecule has 0 saturated heterocycles. The Bertz CT molecular complexity index is 619. The van der Waals surface area contributed by atoms with E-state index in [9.17, 15) is 10.1 Å². The number of nitro benzene ring substituents is 1. The first kappa shape index (κ1) is 14.5. The Balaban J connectivity index is 1.92. The van der Waals surface area contributed by atoms with Crippen molar-refractivity contribution in [1.82, 2.24) is 10.2 Å². The number of non-ortho nitro benzene ring substituents is 1. The summed E-state index contributed by atoms with van der Waals surface area (Å²) in [6, 6.07) is 7.99. The topological polar surface area (TPSA) is 81.0 Å². The van der Waals surface area contributed by atoms with Gasteiger partial charge in [-0.25, -0.2) is 0 Å². The first-order valence-corrected chi connectivity index (χ1v) is 6.48. The minimum absolute atomic E-state index is 0.0786. The molecule has 8 heteroatoms. The molecular weight excluding hydrogens is 303 g/mol. The molecule has 1 heterocycles. The van der Waals surface area contributed by atoms with Gasteiger partial charge in [-0.15, -0.1) is 10.2 Å². The molecule has 0 spiro atoms. The smallest absolute Gasteiger partial charge is 0.269 e. The minimum Gasteiger partial charge on any atom is -0.382 e. The Labute approximate surface area is 124 Å². The average Bonchev–Trinajstić information content (AvgIpc) is 2.43. The van der Waals surface area contributed by atoms with Crippen molar-refractivity contribution in [2.45, 2.75) is 6.42 Å². The molecule has 2 aromatic rings. The lowest BCUT2D eigenvalue weighted by Gasteiger charge is -2.07. The highest BCUT2D eigenvalue weighted by molar-refractivity contribution is 6.33. The Kier molecular flexibility index (Phi) is 4.70. The summed E-state index contributed by atoms with van der Waals surface area (Å²) in [4.78, 5) is 10.1. The summed E-state index contributed by atoms with van der Waals surface area (Å²) in [5, 5.41) is 21.4. The van der Waals surface area contributed by atoms with Crippen LogP contribution in [0.1, 0.15) is 5.56 Å². The molecule has 0 atom stereocenters. The number of nitrogens with one attached hydrogen (secondary N) is 1. The zero-order valence-electron chi connectivity index (χ0n) is 10.2. The third-order valence-electron chi connectivity index (χ3n) is 2.60. The molecular formula is C12H10Cl2N4O2. The number of halogens is 2. The van der Waals surface area contributed by atoms with Gasteiger partial charge in [0.25, 0.3) is 5.69 Å². The van der Waals surface area contributed by atoms with Crippen LogP contribution in [0.3, 0.4) is 0 Å². The predicted molar refractivity (Wildman–Crippen MR) is 77.3 cm³/mol. The van der Waals surface area contributed by atoms with E-state index in [0.717, 1.165) is 5.56 Å². The third-order valence-corrected chi connectivity index (χ3v) is 3.06. The third kappa shape index (κ3) is 3.79. The Morgan fingerprint density at radius 2 is 1.90 bits per heavy atom. The molecule has 6 nitrogen and oxygen atoms in total. The van der Waals surface area contributed by atoms with Gasteiger partial charge in [0.15, 0.2) is 10.3 Å². The molecule has 1 aromatic heterocycles. The van der Waals surface area contributed by atoms with Crippen LogP contribution in [0.2, 0.25) is 10.3 Å². The first-order valence-electron chi connectivity index (χ1n) is 5.72. The van der Waals surface area contributed by atoms with Crippen molar-refractivity contribution < 1.29 is 4.92 Å². The lowest BCUT2D eigenvalue weighted by molar-refractivity contribution is -0.384. The maximum atomic E-state index is 10.5. The van der Waals surface area contributed by atoms with Crippen LogP contribution in [0, 0.1) is 10.1 Å². The lowest BCUT2D eigenvalue weighted by Crippen LogP contribution is -2.06. The molecule has 0 aliphatic rings. The summed E-state index contributed by atoms with van der Waals surface area (Å²) in [5.74, 6) is 0. The highest BCUT2D eigenvalue weighted by Crippen LogP contribution is 2.20. The van der Waals surface area contributed by atoms with E-state index in [0.29, 0.717) is 18.7 Å². The second kappa shape index (κ2) is 6.49. The zero-order valence-corrected chi connectivity index (χ0v) is 11.7. The number of hydrogen-bond donors (Lipinski definition) is 1. The monoisotopic (exact) mass is 312 g/mol. The summed E-state index contributed by atoms with van der Waals surface area (Å²) < 4.78 is 0. The van der Waals surface area contributed by atoms with Gasteiger partial charge < -0.3 is 5.32 Å². The maximum Gasteiger partial charge on any atom is 0.269 e. The van der Waals surface area contributed by atoms with Gasteiger partial charge >= 0.3 is 0 Å². The Morgan fingerprint density at radius 1 is 1.20 bits per heavy atom. The average molecular weight is 313 g/mol. The largest absolute Gasteiger partial charge is 0.382 e. The van der Waals surface area contributed by atoms with Crippen molar-refractivity contribution in [3.63, 3.8) is 0 Å². The van der Waals surface area contributed by atoms with Crippen LogP contribution in [-0.2, 0) is 6.42 Å².